The standard InChI is InChI=1S/C12H12N2O4/c1-2-5-13-7-11(16)14-8-3-4-10(15)9(6-8)12(17)18/h1,3-4,6,13,15H,5,7H2,(H,14,16)(H,17,18). The number of rotatable bonds is 5. The molecule has 0 aliphatic heterocycles. The van der Waals surface area contributed by atoms with Gasteiger partial charge in [0, 0.05) is 5.69 Å². The summed E-state index contributed by atoms with van der Waals surface area (Å²) in [6.45, 7) is 0.289. The topological polar surface area (TPSA) is 98.7 Å². The van der Waals surface area contributed by atoms with Gasteiger partial charge in [-0.2, -0.15) is 0 Å². The summed E-state index contributed by atoms with van der Waals surface area (Å²) in [5.41, 5.74) is 0.0158. The minimum absolute atomic E-state index is 0.0213. The fraction of sp³-hybridized carbons (Fsp3) is 0.167. The van der Waals surface area contributed by atoms with E-state index in [1.54, 1.807) is 0 Å². The van der Waals surface area contributed by atoms with Crippen LogP contribution in [0.15, 0.2) is 18.2 Å². The zero-order valence-electron chi connectivity index (χ0n) is 9.43. The smallest absolute Gasteiger partial charge is 0.339 e. The predicted molar refractivity (Wildman–Crippen MR) is 65.4 cm³/mol. The Morgan fingerprint density at radius 1 is 1.39 bits per heavy atom. The van der Waals surface area contributed by atoms with Crippen molar-refractivity contribution in [3.05, 3.63) is 23.8 Å². The van der Waals surface area contributed by atoms with Crippen LogP contribution in [0.25, 0.3) is 0 Å². The number of nitrogens with one attached hydrogen (secondary N) is 2. The Labute approximate surface area is 104 Å². The van der Waals surface area contributed by atoms with Gasteiger partial charge < -0.3 is 15.5 Å². The predicted octanol–water partition coefficient (Wildman–Crippen LogP) is 0.252. The molecule has 1 rings (SSSR count). The van der Waals surface area contributed by atoms with Crippen molar-refractivity contribution < 1.29 is 19.8 Å². The van der Waals surface area contributed by atoms with Gasteiger partial charge in [0.15, 0.2) is 0 Å². The van der Waals surface area contributed by atoms with Crippen LogP contribution >= 0.6 is 0 Å². The molecule has 0 saturated carbocycles. The highest BCUT2D eigenvalue weighted by atomic mass is 16.4. The number of benzene rings is 1. The minimum atomic E-state index is -1.27. The maximum atomic E-state index is 11.4. The van der Waals surface area contributed by atoms with Gasteiger partial charge >= 0.3 is 5.97 Å². The highest BCUT2D eigenvalue weighted by Gasteiger charge is 2.11. The number of hydrogen-bond donors (Lipinski definition) is 4. The lowest BCUT2D eigenvalue weighted by atomic mass is 10.2. The van der Waals surface area contributed by atoms with Crippen LogP contribution in [-0.2, 0) is 4.79 Å². The first kappa shape index (κ1) is 13.5. The Bertz CT molecular complexity index is 505. The second-order valence-corrected chi connectivity index (χ2v) is 3.39. The molecule has 0 aromatic heterocycles. The summed E-state index contributed by atoms with van der Waals surface area (Å²) in [6, 6.07) is 3.78. The third-order valence-corrected chi connectivity index (χ3v) is 2.02. The third kappa shape index (κ3) is 3.81. The van der Waals surface area contributed by atoms with Gasteiger partial charge in [0.1, 0.15) is 11.3 Å². The molecule has 0 bridgehead atoms. The van der Waals surface area contributed by atoms with Crippen LogP contribution < -0.4 is 10.6 Å². The number of amides is 1. The Balaban J connectivity index is 2.68. The number of carbonyl (C=O) groups excluding carboxylic acids is 1. The third-order valence-electron chi connectivity index (χ3n) is 2.02. The van der Waals surface area contributed by atoms with E-state index in [9.17, 15) is 14.7 Å². The molecule has 1 aromatic carbocycles. The number of phenols is 1. The van der Waals surface area contributed by atoms with E-state index in [-0.39, 0.29) is 36.0 Å². The van der Waals surface area contributed by atoms with E-state index >= 15 is 0 Å². The summed E-state index contributed by atoms with van der Waals surface area (Å²) in [5.74, 6) is 0.337. The lowest BCUT2D eigenvalue weighted by molar-refractivity contribution is -0.115. The van der Waals surface area contributed by atoms with Crippen LogP contribution in [0.4, 0.5) is 5.69 Å². The second-order valence-electron chi connectivity index (χ2n) is 3.39. The minimum Gasteiger partial charge on any atom is -0.507 e. The summed E-state index contributed by atoms with van der Waals surface area (Å²) in [5, 5.41) is 23.2. The molecule has 18 heavy (non-hydrogen) atoms. The SMILES string of the molecule is C#CCNCC(=O)Nc1ccc(O)c(C(=O)O)c1. The van der Waals surface area contributed by atoms with Crippen molar-refractivity contribution in [1.82, 2.24) is 5.32 Å². The molecule has 0 radical (unpaired) electrons. The molecule has 6 heteroatoms. The molecule has 1 amide bonds. The van der Waals surface area contributed by atoms with Gasteiger partial charge in [-0.3, -0.25) is 10.1 Å². The molecule has 0 fully saturated rings. The maximum absolute atomic E-state index is 11.4. The molecule has 0 saturated heterocycles. The Morgan fingerprint density at radius 2 is 2.11 bits per heavy atom. The van der Waals surface area contributed by atoms with Gasteiger partial charge in [0.25, 0.3) is 0 Å². The zero-order valence-corrected chi connectivity index (χ0v) is 9.43. The van der Waals surface area contributed by atoms with Gasteiger partial charge in [-0.1, -0.05) is 5.92 Å². The van der Waals surface area contributed by atoms with Crippen molar-refractivity contribution >= 4 is 17.6 Å². The molecule has 94 valence electrons. The lowest BCUT2D eigenvalue weighted by Gasteiger charge is -2.07. The summed E-state index contributed by atoms with van der Waals surface area (Å²) in [6.07, 6.45) is 5.00. The van der Waals surface area contributed by atoms with Crippen LogP contribution in [0, 0.1) is 12.3 Å². The molecule has 0 aliphatic carbocycles. The lowest BCUT2D eigenvalue weighted by Crippen LogP contribution is -2.28. The fourth-order valence-corrected chi connectivity index (χ4v) is 1.24. The van der Waals surface area contributed by atoms with E-state index < -0.39 is 5.97 Å². The largest absolute Gasteiger partial charge is 0.507 e. The summed E-state index contributed by atoms with van der Waals surface area (Å²) in [4.78, 5) is 22.2. The van der Waals surface area contributed by atoms with E-state index in [0.29, 0.717) is 0 Å². The number of hydrogen-bond acceptors (Lipinski definition) is 4. The van der Waals surface area contributed by atoms with Crippen molar-refractivity contribution in [1.29, 1.82) is 0 Å². The molecule has 4 N–H and O–H groups in total. The van der Waals surface area contributed by atoms with Gasteiger partial charge in [0.05, 0.1) is 13.1 Å². The Kier molecular flexibility index (Phi) is 4.72. The van der Waals surface area contributed by atoms with Crippen molar-refractivity contribution in [3.8, 4) is 18.1 Å². The number of aromatic carboxylic acids is 1. The van der Waals surface area contributed by atoms with E-state index in [1.165, 1.54) is 18.2 Å². The number of carbonyl (C=O) groups is 2. The van der Waals surface area contributed by atoms with E-state index in [1.807, 2.05) is 0 Å². The Morgan fingerprint density at radius 3 is 2.72 bits per heavy atom. The second kappa shape index (κ2) is 6.27. The van der Waals surface area contributed by atoms with Crippen molar-refractivity contribution in [2.24, 2.45) is 0 Å². The van der Waals surface area contributed by atoms with Gasteiger partial charge in [0.2, 0.25) is 5.91 Å². The average molecular weight is 248 g/mol. The van der Waals surface area contributed by atoms with Crippen LogP contribution in [0.3, 0.4) is 0 Å². The first-order valence-corrected chi connectivity index (χ1v) is 5.05. The molecule has 0 heterocycles. The first-order valence-electron chi connectivity index (χ1n) is 5.05. The molecule has 0 spiro atoms. The number of anilines is 1. The monoisotopic (exact) mass is 248 g/mol. The van der Waals surface area contributed by atoms with Crippen LogP contribution in [0.1, 0.15) is 10.4 Å². The molecular formula is C12H12N2O4. The number of terminal acetylenes is 1. The zero-order chi connectivity index (χ0) is 13.5. The molecular weight excluding hydrogens is 236 g/mol. The normalized spacial score (nSPS) is 9.50. The maximum Gasteiger partial charge on any atom is 0.339 e. The van der Waals surface area contributed by atoms with E-state index in [2.05, 4.69) is 16.6 Å². The van der Waals surface area contributed by atoms with Gasteiger partial charge in [-0.15, -0.1) is 6.42 Å². The number of carboxylic acids is 1. The molecule has 0 atom stereocenters. The summed E-state index contributed by atoms with van der Waals surface area (Å²) >= 11 is 0. The molecule has 1 aromatic rings. The highest BCUT2D eigenvalue weighted by molar-refractivity contribution is 5.96. The van der Waals surface area contributed by atoms with Gasteiger partial charge in [-0.05, 0) is 18.2 Å². The molecule has 0 unspecified atom stereocenters. The molecule has 0 aliphatic rings. The number of carboxylic acid groups (broad SMARTS) is 1. The van der Waals surface area contributed by atoms with Gasteiger partial charge in [-0.25, -0.2) is 4.79 Å². The van der Waals surface area contributed by atoms with E-state index in [0.717, 1.165) is 0 Å². The van der Waals surface area contributed by atoms with Crippen LogP contribution in [0.2, 0.25) is 0 Å². The molecule has 6 nitrogen and oxygen atoms in total. The van der Waals surface area contributed by atoms with Crippen molar-refractivity contribution in [3.63, 3.8) is 0 Å². The fourth-order valence-electron chi connectivity index (χ4n) is 1.24. The first-order chi connectivity index (χ1) is 8.54. The van der Waals surface area contributed by atoms with Crippen molar-refractivity contribution in [2.75, 3.05) is 18.4 Å². The average Bonchev–Trinajstić information content (AvgIpc) is 2.31. The van der Waals surface area contributed by atoms with Crippen molar-refractivity contribution in [2.45, 2.75) is 0 Å². The van der Waals surface area contributed by atoms with Crippen LogP contribution in [0.5, 0.6) is 5.75 Å². The van der Waals surface area contributed by atoms with E-state index in [4.69, 9.17) is 11.5 Å². The summed E-state index contributed by atoms with van der Waals surface area (Å²) < 4.78 is 0. The van der Waals surface area contributed by atoms with Crippen LogP contribution in [-0.4, -0.2) is 35.2 Å². The quantitative estimate of drug-likeness (QED) is 0.340. The summed E-state index contributed by atoms with van der Waals surface area (Å²) in [7, 11) is 0. The Hall–Kier alpha value is -2.52. The highest BCUT2D eigenvalue weighted by Crippen LogP contribution is 2.21. The number of aromatic hydroxyl groups is 1.